The number of carbonyl (C=O) groups is 1. The zero-order valence-electron chi connectivity index (χ0n) is 23.5. The summed E-state index contributed by atoms with van der Waals surface area (Å²) < 4.78 is 14.7. The quantitative estimate of drug-likeness (QED) is 0.299. The SMILES string of the molecule is C=C1C(C=O)=CN(CCO)c2nc(CCc3cccnc3)c(Cc3cccc(Cl)c3F)cc21.CC.CC(C)C. The number of aldehydes is 1. The number of aliphatic hydroxyl groups excluding tert-OH is 1. The Morgan fingerprint density at radius 3 is 2.46 bits per heavy atom. The van der Waals surface area contributed by atoms with Crippen LogP contribution in [-0.4, -0.2) is 34.5 Å². The van der Waals surface area contributed by atoms with Gasteiger partial charge in [-0.3, -0.25) is 9.78 Å². The van der Waals surface area contributed by atoms with E-state index in [-0.39, 0.29) is 18.2 Å². The van der Waals surface area contributed by atoms with E-state index in [0.29, 0.717) is 47.4 Å². The van der Waals surface area contributed by atoms with Crippen molar-refractivity contribution in [3.05, 3.63) is 106 Å². The second-order valence-electron chi connectivity index (χ2n) is 9.55. The number of hydrogen-bond acceptors (Lipinski definition) is 5. The predicted molar refractivity (Wildman–Crippen MR) is 160 cm³/mol. The molecule has 0 saturated heterocycles. The van der Waals surface area contributed by atoms with Crippen LogP contribution in [0.25, 0.3) is 5.57 Å². The van der Waals surface area contributed by atoms with E-state index in [1.807, 2.05) is 38.2 Å². The van der Waals surface area contributed by atoms with Crippen molar-refractivity contribution in [3.8, 4) is 0 Å². The van der Waals surface area contributed by atoms with Crippen LogP contribution in [0.15, 0.2) is 67.1 Å². The number of allylic oxidation sites excluding steroid dienone is 2. The number of benzene rings is 1. The fourth-order valence-electron chi connectivity index (χ4n) is 3.93. The van der Waals surface area contributed by atoms with Crippen LogP contribution in [0.1, 0.15) is 62.6 Å². The molecule has 2 aromatic heterocycles. The van der Waals surface area contributed by atoms with Crippen LogP contribution in [0.2, 0.25) is 5.02 Å². The molecule has 0 radical (unpaired) electrons. The standard InChI is InChI=1S/C26H23ClFN3O2.C4H10.C2H6/c1-17-21(16-33)15-31(10-11-32)26-22(17)13-20(12-19-5-2-6-23(27)25(19)28)24(30-26)8-7-18-4-3-9-29-14-18;1-4(2)3;1-2/h2-6,9,13-16,32H,1,7-8,10-12H2;4H,1-3H3;1-2H3. The van der Waals surface area contributed by atoms with Gasteiger partial charge in [0.25, 0.3) is 0 Å². The summed E-state index contributed by atoms with van der Waals surface area (Å²) in [7, 11) is 0. The average Bonchev–Trinajstić information content (AvgIpc) is 2.93. The van der Waals surface area contributed by atoms with Crippen molar-refractivity contribution in [2.45, 2.75) is 53.9 Å². The predicted octanol–water partition coefficient (Wildman–Crippen LogP) is 7.24. The van der Waals surface area contributed by atoms with Gasteiger partial charge in [-0.2, -0.15) is 0 Å². The zero-order chi connectivity index (χ0) is 28.9. The number of aromatic nitrogens is 2. The van der Waals surface area contributed by atoms with Gasteiger partial charge in [0.2, 0.25) is 0 Å². The molecule has 0 aliphatic carbocycles. The molecule has 3 aromatic rings. The van der Waals surface area contributed by atoms with Gasteiger partial charge in [0.05, 0.1) is 11.6 Å². The van der Waals surface area contributed by atoms with E-state index in [1.165, 1.54) is 6.07 Å². The summed E-state index contributed by atoms with van der Waals surface area (Å²) in [5, 5.41) is 9.60. The lowest BCUT2D eigenvalue weighted by Gasteiger charge is -2.29. The second-order valence-corrected chi connectivity index (χ2v) is 9.95. The molecule has 0 atom stereocenters. The molecule has 7 heteroatoms. The van der Waals surface area contributed by atoms with Crippen molar-refractivity contribution in [2.75, 3.05) is 18.1 Å². The number of β-amino-alcohol motifs (C(OH)–C–C–N with tert-alkyl or cyclic N) is 1. The molecule has 4 rings (SSSR count). The Morgan fingerprint density at radius 1 is 1.13 bits per heavy atom. The third kappa shape index (κ3) is 8.84. The largest absolute Gasteiger partial charge is 0.395 e. The molecule has 0 fully saturated rings. The smallest absolute Gasteiger partial charge is 0.152 e. The maximum atomic E-state index is 14.7. The Morgan fingerprint density at radius 2 is 1.85 bits per heavy atom. The van der Waals surface area contributed by atoms with Crippen molar-refractivity contribution < 1.29 is 14.3 Å². The second kappa shape index (κ2) is 15.9. The van der Waals surface area contributed by atoms with Crippen LogP contribution in [0.4, 0.5) is 10.2 Å². The molecule has 0 saturated carbocycles. The van der Waals surface area contributed by atoms with Crippen molar-refractivity contribution in [2.24, 2.45) is 5.92 Å². The van der Waals surface area contributed by atoms with Gasteiger partial charge >= 0.3 is 0 Å². The van der Waals surface area contributed by atoms with E-state index in [0.717, 1.165) is 29.0 Å². The van der Waals surface area contributed by atoms with Crippen molar-refractivity contribution in [3.63, 3.8) is 0 Å². The van der Waals surface area contributed by atoms with E-state index in [4.69, 9.17) is 16.6 Å². The number of rotatable bonds is 8. The molecule has 0 bridgehead atoms. The zero-order valence-corrected chi connectivity index (χ0v) is 24.3. The minimum absolute atomic E-state index is 0.0695. The molecule has 0 amide bonds. The first-order valence-electron chi connectivity index (χ1n) is 13.3. The van der Waals surface area contributed by atoms with Gasteiger partial charge in [-0.25, -0.2) is 9.37 Å². The molecule has 0 spiro atoms. The minimum Gasteiger partial charge on any atom is -0.395 e. The Labute approximate surface area is 237 Å². The molecule has 0 unspecified atom stereocenters. The Hall–Kier alpha value is -3.35. The molecular formula is C32H39ClFN3O2. The molecular weight excluding hydrogens is 513 g/mol. The summed E-state index contributed by atoms with van der Waals surface area (Å²) in [4.78, 5) is 22.4. The summed E-state index contributed by atoms with van der Waals surface area (Å²) in [5.41, 5.74) is 4.82. The van der Waals surface area contributed by atoms with Crippen LogP contribution in [0.3, 0.4) is 0 Å². The summed E-state index contributed by atoms with van der Waals surface area (Å²) >= 11 is 6.00. The van der Waals surface area contributed by atoms with Gasteiger partial charge in [0.1, 0.15) is 11.6 Å². The molecule has 208 valence electrons. The Bertz CT molecular complexity index is 1270. The van der Waals surface area contributed by atoms with Crippen LogP contribution >= 0.6 is 11.6 Å². The molecule has 1 N–H and O–H groups in total. The van der Waals surface area contributed by atoms with Crippen LogP contribution in [0, 0.1) is 11.7 Å². The summed E-state index contributed by atoms with van der Waals surface area (Å²) in [6.45, 7) is 14.8. The van der Waals surface area contributed by atoms with Gasteiger partial charge in [0, 0.05) is 48.4 Å². The summed E-state index contributed by atoms with van der Waals surface area (Å²) in [6, 6.07) is 10.7. The van der Waals surface area contributed by atoms with Gasteiger partial charge in [0.15, 0.2) is 6.29 Å². The van der Waals surface area contributed by atoms with Crippen LogP contribution < -0.4 is 4.90 Å². The highest BCUT2D eigenvalue weighted by atomic mass is 35.5. The van der Waals surface area contributed by atoms with E-state index in [1.54, 1.807) is 29.4 Å². The number of fused-ring (bicyclic) bond motifs is 1. The highest BCUT2D eigenvalue weighted by Gasteiger charge is 2.24. The highest BCUT2D eigenvalue weighted by molar-refractivity contribution is 6.30. The molecule has 39 heavy (non-hydrogen) atoms. The van der Waals surface area contributed by atoms with E-state index < -0.39 is 5.82 Å². The van der Waals surface area contributed by atoms with E-state index >= 15 is 0 Å². The molecule has 1 aliphatic heterocycles. The first-order chi connectivity index (χ1) is 18.7. The monoisotopic (exact) mass is 551 g/mol. The fraction of sp³-hybridized carbons (Fsp3) is 0.344. The molecule has 1 aliphatic rings. The average molecular weight is 552 g/mol. The number of carbonyl (C=O) groups excluding carboxylic acids is 1. The number of anilines is 1. The number of aryl methyl sites for hydroxylation is 2. The Kier molecular flexibility index (Phi) is 13.0. The molecule has 5 nitrogen and oxygen atoms in total. The first-order valence-corrected chi connectivity index (χ1v) is 13.7. The maximum absolute atomic E-state index is 14.7. The lowest BCUT2D eigenvalue weighted by molar-refractivity contribution is -0.104. The van der Waals surface area contributed by atoms with Gasteiger partial charge in [-0.05, 0) is 59.2 Å². The fourth-order valence-corrected chi connectivity index (χ4v) is 4.13. The third-order valence-electron chi connectivity index (χ3n) is 5.67. The van der Waals surface area contributed by atoms with Gasteiger partial charge < -0.3 is 10.0 Å². The number of halogens is 2. The van der Waals surface area contributed by atoms with Crippen LogP contribution in [-0.2, 0) is 24.1 Å². The molecule has 3 heterocycles. The number of hydrogen-bond donors (Lipinski definition) is 1. The lowest BCUT2D eigenvalue weighted by atomic mass is 9.92. The van der Waals surface area contributed by atoms with Gasteiger partial charge in [-0.15, -0.1) is 0 Å². The normalized spacial score (nSPS) is 12.1. The topological polar surface area (TPSA) is 66.3 Å². The third-order valence-corrected chi connectivity index (χ3v) is 5.96. The minimum atomic E-state index is -0.454. The number of aliphatic hydroxyl groups is 1. The Balaban J connectivity index is 0.000000815. The van der Waals surface area contributed by atoms with E-state index in [2.05, 4.69) is 32.3 Å². The van der Waals surface area contributed by atoms with Crippen LogP contribution in [0.5, 0.6) is 0 Å². The summed E-state index contributed by atoms with van der Waals surface area (Å²) in [6.07, 6.45) is 7.55. The van der Waals surface area contributed by atoms with Crippen molar-refractivity contribution in [1.82, 2.24) is 9.97 Å². The number of nitrogens with zero attached hydrogens (tertiary/aromatic N) is 3. The van der Waals surface area contributed by atoms with Crippen molar-refractivity contribution >= 4 is 29.3 Å². The first kappa shape index (κ1) is 31.9. The maximum Gasteiger partial charge on any atom is 0.152 e. The lowest BCUT2D eigenvalue weighted by Crippen LogP contribution is -2.27. The highest BCUT2D eigenvalue weighted by Crippen LogP contribution is 2.36. The molecule has 1 aromatic carbocycles. The summed E-state index contributed by atoms with van der Waals surface area (Å²) in [5.74, 6) is 1.00. The van der Waals surface area contributed by atoms with E-state index in [9.17, 15) is 14.3 Å². The van der Waals surface area contributed by atoms with Gasteiger partial charge in [-0.1, -0.05) is 71.0 Å². The van der Waals surface area contributed by atoms with Crippen molar-refractivity contribution in [1.29, 1.82) is 0 Å². The number of pyridine rings is 2.